The van der Waals surface area contributed by atoms with Gasteiger partial charge in [0.25, 0.3) is 0 Å². The molecule has 5 nitrogen and oxygen atoms in total. The van der Waals surface area contributed by atoms with Crippen molar-refractivity contribution in [1.82, 2.24) is 10.2 Å². The molecule has 0 unspecified atom stereocenters. The van der Waals surface area contributed by atoms with E-state index in [1.807, 2.05) is 29.7 Å². The number of hydrogen-bond donors (Lipinski definition) is 1. The molecule has 28 heavy (non-hydrogen) atoms. The maximum atomic E-state index is 13.1. The predicted octanol–water partition coefficient (Wildman–Crippen LogP) is 2.49. The number of ether oxygens (including phenoxy) is 1. The molecule has 1 spiro atoms. The van der Waals surface area contributed by atoms with E-state index in [4.69, 9.17) is 4.74 Å². The van der Waals surface area contributed by atoms with Crippen molar-refractivity contribution in [3.05, 3.63) is 70.2 Å². The topological polar surface area (TPSA) is 58.6 Å². The standard InChI is InChI=1S/C21H19FN2O3S/c22-14-5-3-13(4-6-14)10-23-19(25)17-16-7-8-21(27-16)12-24(20(26)18(17)21)11-15-2-1-9-28-15/h1-9,16-18H,10-12H2,(H,23,25)/t16-,17+,18-,21+/m0/s1. The Labute approximate surface area is 165 Å². The summed E-state index contributed by atoms with van der Waals surface area (Å²) in [6.07, 6.45) is 3.49. The maximum Gasteiger partial charge on any atom is 0.230 e. The molecule has 5 rings (SSSR count). The van der Waals surface area contributed by atoms with Gasteiger partial charge in [-0.25, -0.2) is 4.39 Å². The molecular formula is C21H19FN2O3S. The fraction of sp³-hybridized carbons (Fsp3) is 0.333. The van der Waals surface area contributed by atoms with Crippen molar-refractivity contribution in [3.63, 3.8) is 0 Å². The first-order valence-corrected chi connectivity index (χ1v) is 10.1. The van der Waals surface area contributed by atoms with E-state index in [9.17, 15) is 14.0 Å². The zero-order chi connectivity index (χ0) is 19.3. The second-order valence-electron chi connectivity index (χ2n) is 7.52. The summed E-state index contributed by atoms with van der Waals surface area (Å²) in [4.78, 5) is 28.9. The zero-order valence-corrected chi connectivity index (χ0v) is 15.8. The van der Waals surface area contributed by atoms with Crippen molar-refractivity contribution >= 4 is 23.2 Å². The van der Waals surface area contributed by atoms with Crippen molar-refractivity contribution < 1.29 is 18.7 Å². The monoisotopic (exact) mass is 398 g/mol. The van der Waals surface area contributed by atoms with Crippen LogP contribution in [0.4, 0.5) is 4.39 Å². The normalized spacial score (nSPS) is 30.1. The third-order valence-electron chi connectivity index (χ3n) is 5.79. The van der Waals surface area contributed by atoms with Gasteiger partial charge < -0.3 is 15.0 Å². The summed E-state index contributed by atoms with van der Waals surface area (Å²) in [5.41, 5.74) is 0.109. The first kappa shape index (κ1) is 17.6. The second-order valence-corrected chi connectivity index (χ2v) is 8.55. The van der Waals surface area contributed by atoms with Crippen molar-refractivity contribution in [3.8, 4) is 0 Å². The first-order valence-electron chi connectivity index (χ1n) is 9.26. The molecule has 7 heteroatoms. The van der Waals surface area contributed by atoms with Crippen LogP contribution in [0.3, 0.4) is 0 Å². The molecule has 1 aromatic heterocycles. The molecule has 0 saturated carbocycles. The lowest BCUT2D eigenvalue weighted by atomic mass is 9.77. The number of nitrogens with zero attached hydrogens (tertiary/aromatic N) is 1. The van der Waals surface area contributed by atoms with Crippen molar-refractivity contribution in [2.45, 2.75) is 24.8 Å². The highest BCUT2D eigenvalue weighted by molar-refractivity contribution is 7.09. The SMILES string of the molecule is O=C(NCc1ccc(F)cc1)[C@@H]1[C@@H]2C=C[C@]3(CN(Cc4cccs4)C(=O)[C@H]13)O2. The molecule has 2 saturated heterocycles. The van der Waals surface area contributed by atoms with E-state index in [1.54, 1.807) is 28.4 Å². The minimum Gasteiger partial charge on any atom is -0.360 e. The van der Waals surface area contributed by atoms with Gasteiger partial charge in [-0.05, 0) is 29.1 Å². The smallest absolute Gasteiger partial charge is 0.230 e. The van der Waals surface area contributed by atoms with Gasteiger partial charge in [0, 0.05) is 11.4 Å². The lowest BCUT2D eigenvalue weighted by molar-refractivity contribution is -0.137. The first-order chi connectivity index (χ1) is 13.6. The van der Waals surface area contributed by atoms with Crippen molar-refractivity contribution in [2.24, 2.45) is 11.8 Å². The van der Waals surface area contributed by atoms with Crippen LogP contribution < -0.4 is 5.32 Å². The zero-order valence-electron chi connectivity index (χ0n) is 15.0. The molecule has 2 amide bonds. The van der Waals surface area contributed by atoms with Crippen molar-refractivity contribution in [1.29, 1.82) is 0 Å². The molecule has 2 bridgehead atoms. The lowest BCUT2D eigenvalue weighted by Gasteiger charge is -2.23. The predicted molar refractivity (Wildman–Crippen MR) is 102 cm³/mol. The Morgan fingerprint density at radius 2 is 2.14 bits per heavy atom. The Morgan fingerprint density at radius 3 is 2.89 bits per heavy atom. The number of thiophene rings is 1. The number of rotatable bonds is 5. The third-order valence-corrected chi connectivity index (χ3v) is 6.65. The fourth-order valence-electron chi connectivity index (χ4n) is 4.51. The minimum absolute atomic E-state index is 0.0258. The maximum absolute atomic E-state index is 13.1. The highest BCUT2D eigenvalue weighted by Crippen LogP contribution is 2.52. The van der Waals surface area contributed by atoms with E-state index in [-0.39, 0.29) is 23.7 Å². The number of likely N-dealkylation sites (tertiary alicyclic amines) is 1. The molecule has 3 aliphatic rings. The molecule has 0 aliphatic carbocycles. The quantitative estimate of drug-likeness (QED) is 0.788. The van der Waals surface area contributed by atoms with Crippen molar-refractivity contribution in [2.75, 3.05) is 6.54 Å². The van der Waals surface area contributed by atoms with E-state index >= 15 is 0 Å². The largest absolute Gasteiger partial charge is 0.360 e. The van der Waals surface area contributed by atoms with Crippen LogP contribution in [0.15, 0.2) is 53.9 Å². The molecule has 0 radical (unpaired) electrons. The Kier molecular flexibility index (Phi) is 4.10. The van der Waals surface area contributed by atoms with E-state index < -0.39 is 17.4 Å². The summed E-state index contributed by atoms with van der Waals surface area (Å²) >= 11 is 1.61. The fourth-order valence-corrected chi connectivity index (χ4v) is 5.23. The van der Waals surface area contributed by atoms with Crippen LogP contribution in [0.25, 0.3) is 0 Å². The third kappa shape index (κ3) is 2.77. The average Bonchev–Trinajstić information content (AvgIpc) is 3.45. The molecule has 2 fully saturated rings. The summed E-state index contributed by atoms with van der Waals surface area (Å²) in [5.74, 6) is -1.56. The summed E-state index contributed by atoms with van der Waals surface area (Å²) in [6.45, 7) is 1.31. The van der Waals surface area contributed by atoms with Crippen LogP contribution in [0.2, 0.25) is 0 Å². The van der Waals surface area contributed by atoms with E-state index in [2.05, 4.69) is 5.32 Å². The molecular weight excluding hydrogens is 379 g/mol. The number of hydrogen-bond acceptors (Lipinski definition) is 4. The minimum atomic E-state index is -0.698. The van der Waals surface area contributed by atoms with Gasteiger partial charge in [0.15, 0.2) is 0 Å². The Hall–Kier alpha value is -2.51. The number of nitrogens with one attached hydrogen (secondary N) is 1. The van der Waals surface area contributed by atoms with Crippen LogP contribution in [0.1, 0.15) is 10.4 Å². The molecule has 2 aromatic rings. The number of carbonyl (C=O) groups is 2. The van der Waals surface area contributed by atoms with Gasteiger partial charge >= 0.3 is 0 Å². The number of carbonyl (C=O) groups excluding carboxylic acids is 2. The van der Waals surface area contributed by atoms with E-state index in [0.717, 1.165) is 10.4 Å². The summed E-state index contributed by atoms with van der Waals surface area (Å²) < 4.78 is 19.2. The molecule has 4 heterocycles. The van der Waals surface area contributed by atoms with Gasteiger partial charge in [-0.3, -0.25) is 9.59 Å². The van der Waals surface area contributed by atoms with E-state index in [1.165, 1.54) is 12.1 Å². The number of amides is 2. The van der Waals surface area contributed by atoms with Gasteiger partial charge in [-0.2, -0.15) is 0 Å². The Balaban J connectivity index is 1.32. The van der Waals surface area contributed by atoms with Gasteiger partial charge in [-0.15, -0.1) is 11.3 Å². The highest BCUT2D eigenvalue weighted by Gasteiger charge is 2.66. The summed E-state index contributed by atoms with van der Waals surface area (Å²) in [6, 6.07) is 9.97. The Morgan fingerprint density at radius 1 is 1.32 bits per heavy atom. The lowest BCUT2D eigenvalue weighted by Crippen LogP contribution is -2.43. The molecule has 3 aliphatic heterocycles. The van der Waals surface area contributed by atoms with Gasteiger partial charge in [0.05, 0.1) is 31.0 Å². The summed E-state index contributed by atoms with van der Waals surface area (Å²) in [7, 11) is 0. The molecule has 1 N–H and O–H groups in total. The second kappa shape index (κ2) is 6.53. The number of fused-ring (bicyclic) bond motifs is 1. The average molecular weight is 398 g/mol. The number of halogens is 1. The van der Waals surface area contributed by atoms with Crippen LogP contribution in [0, 0.1) is 17.7 Å². The Bertz CT molecular complexity index is 943. The van der Waals surface area contributed by atoms with Gasteiger partial charge in [0.1, 0.15) is 11.4 Å². The van der Waals surface area contributed by atoms with Crippen LogP contribution >= 0.6 is 11.3 Å². The molecule has 4 atom stereocenters. The molecule has 1 aromatic carbocycles. The van der Waals surface area contributed by atoms with E-state index in [0.29, 0.717) is 19.6 Å². The van der Waals surface area contributed by atoms with Gasteiger partial charge in [-0.1, -0.05) is 30.4 Å². The number of benzene rings is 1. The van der Waals surface area contributed by atoms with Gasteiger partial charge in [0.2, 0.25) is 11.8 Å². The van der Waals surface area contributed by atoms with Crippen LogP contribution in [0.5, 0.6) is 0 Å². The van der Waals surface area contributed by atoms with Crippen LogP contribution in [-0.4, -0.2) is 35.0 Å². The summed E-state index contributed by atoms with van der Waals surface area (Å²) in [5, 5.41) is 4.88. The molecule has 144 valence electrons. The highest BCUT2D eigenvalue weighted by atomic mass is 32.1. The van der Waals surface area contributed by atoms with Crippen LogP contribution in [-0.2, 0) is 27.4 Å².